The molecule has 1 N–H and O–H groups in total. The van der Waals surface area contributed by atoms with Crippen LogP contribution in [0, 0.1) is 5.82 Å². The Morgan fingerprint density at radius 1 is 1.17 bits per heavy atom. The van der Waals surface area contributed by atoms with Gasteiger partial charge in [-0.3, -0.25) is 0 Å². The summed E-state index contributed by atoms with van der Waals surface area (Å²) < 4.78 is 37.6. The summed E-state index contributed by atoms with van der Waals surface area (Å²) in [5.74, 6) is -1.50. The van der Waals surface area contributed by atoms with E-state index in [2.05, 4.69) is 0 Å². The van der Waals surface area contributed by atoms with Crippen LogP contribution >= 0.6 is 11.6 Å². The van der Waals surface area contributed by atoms with Gasteiger partial charge in [-0.05, 0) is 55.0 Å². The smallest absolute Gasteiger partial charge is 0.335 e. The minimum absolute atomic E-state index is 0.0629. The highest BCUT2D eigenvalue weighted by Crippen LogP contribution is 2.46. The maximum atomic E-state index is 15.0. The van der Waals surface area contributed by atoms with Gasteiger partial charge in [0.15, 0.2) is 0 Å². The molecule has 0 radical (unpaired) electrons. The standard InChI is InChI=1S/C32H27ClFN3O5/c1-32(24-8-7-21(33)15-25(24)34)41-28-5-3-2-4-23(28)30(42-32)20-10-12-36(16-20)18-29-35-26-9-6-19(31(38)39)14-27(26)37(29)17-22-11-13-40-22/h2-10,12,14-16,22,30H,11,13,17-18H2,1H3,(H,38,39)/t22-,30?,32?/m0/s1. The number of ether oxygens (including phenoxy) is 3. The Morgan fingerprint density at radius 2 is 2.00 bits per heavy atom. The number of benzene rings is 3. The molecule has 2 aromatic heterocycles. The highest BCUT2D eigenvalue weighted by Gasteiger charge is 2.42. The van der Waals surface area contributed by atoms with Gasteiger partial charge in [0.25, 0.3) is 0 Å². The number of aromatic nitrogens is 3. The lowest BCUT2D eigenvalue weighted by Gasteiger charge is -2.40. The molecular weight excluding hydrogens is 561 g/mol. The minimum atomic E-state index is -1.39. The van der Waals surface area contributed by atoms with E-state index in [0.29, 0.717) is 23.9 Å². The molecule has 7 rings (SSSR count). The Labute approximate surface area is 245 Å². The second-order valence-corrected chi connectivity index (χ2v) is 11.2. The Bertz CT molecular complexity index is 1830. The molecule has 0 spiro atoms. The van der Waals surface area contributed by atoms with Crippen LogP contribution in [0.5, 0.6) is 5.75 Å². The number of para-hydroxylation sites is 1. The average molecular weight is 588 g/mol. The van der Waals surface area contributed by atoms with Crippen molar-refractivity contribution in [2.24, 2.45) is 0 Å². The molecule has 1 saturated heterocycles. The van der Waals surface area contributed by atoms with Gasteiger partial charge in [0, 0.05) is 42.1 Å². The Hall–Kier alpha value is -4.18. The average Bonchev–Trinajstić information content (AvgIpc) is 3.54. The largest absolute Gasteiger partial charge is 0.478 e. The molecule has 2 aliphatic rings. The highest BCUT2D eigenvalue weighted by atomic mass is 35.5. The fourth-order valence-corrected chi connectivity index (χ4v) is 5.83. The highest BCUT2D eigenvalue weighted by molar-refractivity contribution is 6.30. The first-order chi connectivity index (χ1) is 20.3. The van der Waals surface area contributed by atoms with E-state index in [0.717, 1.165) is 41.0 Å². The van der Waals surface area contributed by atoms with Crippen LogP contribution in [-0.4, -0.2) is 37.9 Å². The van der Waals surface area contributed by atoms with Crippen LogP contribution in [0.4, 0.5) is 4.39 Å². The normalized spacial score (nSPS) is 21.5. The molecule has 42 heavy (non-hydrogen) atoms. The van der Waals surface area contributed by atoms with Gasteiger partial charge in [-0.2, -0.15) is 0 Å². The Morgan fingerprint density at radius 3 is 2.76 bits per heavy atom. The van der Waals surface area contributed by atoms with Crippen molar-refractivity contribution >= 4 is 28.6 Å². The number of hydrogen-bond donors (Lipinski definition) is 1. The van der Waals surface area contributed by atoms with E-state index in [1.54, 1.807) is 37.3 Å². The van der Waals surface area contributed by atoms with Crippen LogP contribution in [0.1, 0.15) is 52.3 Å². The molecule has 5 aromatic rings. The lowest BCUT2D eigenvalue weighted by molar-refractivity contribution is -0.218. The molecule has 3 aromatic carbocycles. The lowest BCUT2D eigenvalue weighted by atomic mass is 9.98. The van der Waals surface area contributed by atoms with Crippen molar-refractivity contribution in [3.8, 4) is 5.75 Å². The van der Waals surface area contributed by atoms with Gasteiger partial charge in [-0.15, -0.1) is 0 Å². The molecule has 0 amide bonds. The molecule has 0 bridgehead atoms. The first-order valence-corrected chi connectivity index (χ1v) is 14.1. The van der Waals surface area contributed by atoms with Crippen molar-refractivity contribution in [1.29, 1.82) is 0 Å². The summed E-state index contributed by atoms with van der Waals surface area (Å²) in [6, 6.07) is 19.0. The molecule has 4 heterocycles. The molecule has 1 fully saturated rings. The van der Waals surface area contributed by atoms with Gasteiger partial charge < -0.3 is 28.5 Å². The number of imidazole rings is 1. The van der Waals surface area contributed by atoms with Crippen LogP contribution in [0.2, 0.25) is 5.02 Å². The molecule has 0 saturated carbocycles. The van der Waals surface area contributed by atoms with E-state index in [4.69, 9.17) is 30.8 Å². The summed E-state index contributed by atoms with van der Waals surface area (Å²) in [6.45, 7) is 3.46. The number of nitrogens with zero attached hydrogens (tertiary/aromatic N) is 3. The molecule has 8 nitrogen and oxygen atoms in total. The van der Waals surface area contributed by atoms with Crippen molar-refractivity contribution < 1.29 is 28.5 Å². The van der Waals surface area contributed by atoms with Crippen molar-refractivity contribution in [1.82, 2.24) is 14.1 Å². The fourth-order valence-electron chi connectivity index (χ4n) is 5.67. The molecular formula is C32H27ClFN3O5. The topological polar surface area (TPSA) is 87.7 Å². The summed E-state index contributed by atoms with van der Waals surface area (Å²) in [7, 11) is 0. The number of halogens is 2. The second-order valence-electron chi connectivity index (χ2n) is 10.8. The van der Waals surface area contributed by atoms with Gasteiger partial charge in [0.05, 0.1) is 41.4 Å². The van der Waals surface area contributed by atoms with Crippen molar-refractivity contribution in [3.63, 3.8) is 0 Å². The van der Waals surface area contributed by atoms with Gasteiger partial charge in [0.2, 0.25) is 5.79 Å². The monoisotopic (exact) mass is 587 g/mol. The number of rotatable bonds is 7. The Balaban J connectivity index is 1.23. The van der Waals surface area contributed by atoms with Crippen LogP contribution in [0.15, 0.2) is 79.1 Å². The van der Waals surface area contributed by atoms with Crippen LogP contribution in [-0.2, 0) is 28.4 Å². The summed E-state index contributed by atoms with van der Waals surface area (Å²) in [4.78, 5) is 16.5. The molecule has 0 aliphatic carbocycles. The lowest BCUT2D eigenvalue weighted by Crippen LogP contribution is -2.39. The SMILES string of the molecule is CC1(c2ccc(Cl)cc2F)Oc2ccccc2C(c2ccn(Cc3nc4ccc(C(=O)O)cc4n3C[C@@H]3CCO3)c2)O1. The fraction of sp³-hybridized carbons (Fsp3) is 0.250. The van der Waals surface area contributed by atoms with Gasteiger partial charge in [0.1, 0.15) is 23.5 Å². The van der Waals surface area contributed by atoms with E-state index in [1.165, 1.54) is 6.07 Å². The summed E-state index contributed by atoms with van der Waals surface area (Å²) in [5, 5.41) is 9.83. The zero-order chi connectivity index (χ0) is 29.0. The number of hydrogen-bond acceptors (Lipinski definition) is 5. The number of carboxylic acid groups (broad SMARTS) is 1. The summed E-state index contributed by atoms with van der Waals surface area (Å²) in [5.41, 5.74) is 3.64. The molecule has 10 heteroatoms. The van der Waals surface area contributed by atoms with E-state index < -0.39 is 23.7 Å². The molecule has 214 valence electrons. The third kappa shape index (κ3) is 4.73. The number of fused-ring (bicyclic) bond motifs is 2. The predicted octanol–water partition coefficient (Wildman–Crippen LogP) is 6.54. The number of aromatic carboxylic acids is 1. The third-order valence-electron chi connectivity index (χ3n) is 7.92. The zero-order valence-electron chi connectivity index (χ0n) is 22.7. The number of carbonyl (C=O) groups is 1. The van der Waals surface area contributed by atoms with Crippen molar-refractivity contribution in [2.45, 2.75) is 44.4 Å². The summed E-state index contributed by atoms with van der Waals surface area (Å²) in [6.07, 6.45) is 4.41. The van der Waals surface area contributed by atoms with E-state index in [1.807, 2.05) is 51.9 Å². The maximum Gasteiger partial charge on any atom is 0.335 e. The van der Waals surface area contributed by atoms with E-state index >= 15 is 4.39 Å². The van der Waals surface area contributed by atoms with Crippen LogP contribution < -0.4 is 4.74 Å². The zero-order valence-corrected chi connectivity index (χ0v) is 23.4. The van der Waals surface area contributed by atoms with E-state index in [-0.39, 0.29) is 17.2 Å². The molecule has 2 unspecified atom stereocenters. The van der Waals surface area contributed by atoms with Crippen molar-refractivity contribution in [3.05, 3.63) is 118 Å². The summed E-state index contributed by atoms with van der Waals surface area (Å²) >= 11 is 6.01. The van der Waals surface area contributed by atoms with Gasteiger partial charge in [-0.1, -0.05) is 29.8 Å². The predicted molar refractivity (Wildman–Crippen MR) is 153 cm³/mol. The maximum absolute atomic E-state index is 15.0. The van der Waals surface area contributed by atoms with Crippen LogP contribution in [0.25, 0.3) is 11.0 Å². The van der Waals surface area contributed by atoms with Crippen LogP contribution in [0.3, 0.4) is 0 Å². The second kappa shape index (κ2) is 10.3. The molecule has 3 atom stereocenters. The quantitative estimate of drug-likeness (QED) is 0.233. The molecule has 2 aliphatic heterocycles. The minimum Gasteiger partial charge on any atom is -0.478 e. The Kier molecular flexibility index (Phi) is 6.53. The van der Waals surface area contributed by atoms with E-state index in [9.17, 15) is 9.90 Å². The first kappa shape index (κ1) is 26.7. The number of carboxylic acids is 1. The first-order valence-electron chi connectivity index (χ1n) is 13.7. The van der Waals surface area contributed by atoms with Gasteiger partial charge in [-0.25, -0.2) is 14.2 Å². The van der Waals surface area contributed by atoms with Crippen molar-refractivity contribution in [2.75, 3.05) is 6.61 Å². The van der Waals surface area contributed by atoms with Gasteiger partial charge >= 0.3 is 5.97 Å². The third-order valence-corrected chi connectivity index (χ3v) is 8.16.